The van der Waals surface area contributed by atoms with Crippen molar-refractivity contribution in [2.75, 3.05) is 31.1 Å². The second-order valence-electron chi connectivity index (χ2n) is 7.67. The molecule has 2 aromatic heterocycles. The van der Waals surface area contributed by atoms with E-state index in [1.807, 2.05) is 12.1 Å². The molecule has 1 aromatic carbocycles. The van der Waals surface area contributed by atoms with Crippen molar-refractivity contribution in [2.45, 2.75) is 12.5 Å². The Morgan fingerprint density at radius 3 is 2.58 bits per heavy atom. The van der Waals surface area contributed by atoms with Crippen LogP contribution in [-0.4, -0.2) is 45.6 Å². The van der Waals surface area contributed by atoms with Crippen molar-refractivity contribution < 1.29 is 0 Å². The van der Waals surface area contributed by atoms with Crippen molar-refractivity contribution in [1.29, 1.82) is 0 Å². The lowest BCUT2D eigenvalue weighted by Gasteiger charge is -2.45. The van der Waals surface area contributed by atoms with Crippen molar-refractivity contribution in [3.63, 3.8) is 0 Å². The van der Waals surface area contributed by atoms with Crippen LogP contribution in [0.1, 0.15) is 17.2 Å². The monoisotopic (exact) mass is 523 g/mol. The number of piperazine rings is 1. The second kappa shape index (κ2) is 9.69. The molecule has 3 aromatic rings. The molecule has 1 saturated heterocycles. The van der Waals surface area contributed by atoms with E-state index in [-0.39, 0.29) is 30.4 Å². The fraction of sp³-hybridized carbons (Fsp3) is 0.318. The van der Waals surface area contributed by atoms with E-state index in [2.05, 4.69) is 48.9 Å². The molecule has 164 valence electrons. The lowest BCUT2D eigenvalue weighted by Crippen LogP contribution is -2.52. The third kappa shape index (κ3) is 4.51. The topological polar surface area (TPSA) is 54.3 Å². The van der Waals surface area contributed by atoms with Gasteiger partial charge in [0.15, 0.2) is 0 Å². The fourth-order valence-electron chi connectivity index (χ4n) is 4.41. The summed E-state index contributed by atoms with van der Waals surface area (Å²) in [5.74, 6) is 0.728. The zero-order valence-corrected chi connectivity index (χ0v) is 20.3. The number of aromatic nitrogens is 3. The van der Waals surface area contributed by atoms with Gasteiger partial charge in [0.25, 0.3) is 5.56 Å². The number of halogens is 3. The number of pyridine rings is 1. The smallest absolute Gasteiger partial charge is 0.255 e. The van der Waals surface area contributed by atoms with Crippen LogP contribution in [-0.2, 0) is 13.5 Å². The van der Waals surface area contributed by atoms with Crippen LogP contribution in [0, 0.1) is 0 Å². The molecule has 0 amide bonds. The Labute approximate surface area is 202 Å². The predicted molar refractivity (Wildman–Crippen MR) is 132 cm³/mol. The number of rotatable bonds is 2. The van der Waals surface area contributed by atoms with E-state index >= 15 is 0 Å². The van der Waals surface area contributed by atoms with Gasteiger partial charge < -0.3 is 4.90 Å². The molecule has 2 aliphatic heterocycles. The van der Waals surface area contributed by atoms with Crippen LogP contribution in [0.4, 0.5) is 5.95 Å². The van der Waals surface area contributed by atoms with Gasteiger partial charge in [0.05, 0.1) is 11.7 Å². The van der Waals surface area contributed by atoms with Gasteiger partial charge in [-0.1, -0.05) is 22.0 Å². The van der Waals surface area contributed by atoms with E-state index in [9.17, 15) is 4.79 Å². The highest BCUT2D eigenvalue weighted by molar-refractivity contribution is 9.10. The first kappa shape index (κ1) is 23.7. The Morgan fingerprint density at radius 2 is 1.81 bits per heavy atom. The van der Waals surface area contributed by atoms with E-state index in [1.165, 1.54) is 11.1 Å². The minimum atomic E-state index is -0.0453. The van der Waals surface area contributed by atoms with Gasteiger partial charge in [0.1, 0.15) is 0 Å². The summed E-state index contributed by atoms with van der Waals surface area (Å²) in [7, 11) is 1.80. The molecule has 2 aliphatic rings. The predicted octanol–water partition coefficient (Wildman–Crippen LogP) is 3.87. The summed E-state index contributed by atoms with van der Waals surface area (Å²) in [6.07, 6.45) is 4.54. The Bertz CT molecular complexity index is 1120. The molecule has 0 N–H and O–H groups in total. The Balaban J connectivity index is 0.00000136. The SMILES string of the molecule is Cl.Cl.Cn1c(N2CCN3CCc4ccc(Br)cc4C3C2)nc(-c2ccncc2)cc1=O. The van der Waals surface area contributed by atoms with Gasteiger partial charge >= 0.3 is 0 Å². The van der Waals surface area contributed by atoms with Gasteiger partial charge in [-0.15, -0.1) is 24.8 Å². The average Bonchev–Trinajstić information content (AvgIpc) is 2.75. The highest BCUT2D eigenvalue weighted by Gasteiger charge is 2.34. The molecule has 1 fully saturated rings. The third-order valence-corrected chi connectivity index (χ3v) is 6.49. The lowest BCUT2D eigenvalue weighted by molar-refractivity contribution is 0.165. The number of fused-ring (bicyclic) bond motifs is 3. The Kier molecular flexibility index (Phi) is 7.42. The van der Waals surface area contributed by atoms with Crippen LogP contribution in [0.3, 0.4) is 0 Å². The van der Waals surface area contributed by atoms with Crippen molar-refractivity contribution in [3.8, 4) is 11.3 Å². The number of hydrogen-bond acceptors (Lipinski definition) is 5. The fourth-order valence-corrected chi connectivity index (χ4v) is 4.79. The Hall–Kier alpha value is -1.93. The van der Waals surface area contributed by atoms with Crippen molar-refractivity contribution in [1.82, 2.24) is 19.4 Å². The van der Waals surface area contributed by atoms with E-state index in [0.717, 1.165) is 48.6 Å². The summed E-state index contributed by atoms with van der Waals surface area (Å²) >= 11 is 3.63. The maximum atomic E-state index is 12.7. The van der Waals surface area contributed by atoms with Crippen LogP contribution >= 0.6 is 40.7 Å². The first-order chi connectivity index (χ1) is 14.1. The summed E-state index contributed by atoms with van der Waals surface area (Å²) in [6, 6.07) is 12.3. The molecule has 9 heteroatoms. The van der Waals surface area contributed by atoms with Gasteiger partial charge in [0.2, 0.25) is 5.95 Å². The molecule has 31 heavy (non-hydrogen) atoms. The highest BCUT2D eigenvalue weighted by atomic mass is 79.9. The number of benzene rings is 1. The minimum Gasteiger partial charge on any atom is -0.339 e. The molecule has 6 nitrogen and oxygen atoms in total. The molecule has 0 radical (unpaired) electrons. The largest absolute Gasteiger partial charge is 0.339 e. The van der Waals surface area contributed by atoms with E-state index in [1.54, 1.807) is 30.1 Å². The zero-order valence-electron chi connectivity index (χ0n) is 17.1. The van der Waals surface area contributed by atoms with Crippen molar-refractivity contribution >= 4 is 46.7 Å². The standard InChI is InChI=1S/C22H22BrN5O.2ClH/c1-26-21(29)13-19(16-4-7-24-8-5-16)25-22(26)28-11-10-27-9-6-15-2-3-17(23)12-18(15)20(27)14-28;;/h2-5,7-8,12-13,20H,6,9-11,14H2,1H3;2*1H. The average molecular weight is 525 g/mol. The quantitative estimate of drug-likeness (QED) is 0.509. The molecular weight excluding hydrogens is 501 g/mol. The van der Waals surface area contributed by atoms with Crippen LogP contribution in [0.15, 0.2) is 58.1 Å². The van der Waals surface area contributed by atoms with Gasteiger partial charge in [0, 0.05) is 61.7 Å². The maximum absolute atomic E-state index is 12.7. The maximum Gasteiger partial charge on any atom is 0.255 e. The minimum absolute atomic E-state index is 0. The Morgan fingerprint density at radius 1 is 1.03 bits per heavy atom. The molecule has 4 heterocycles. The van der Waals surface area contributed by atoms with Gasteiger partial charge in [-0.2, -0.15) is 0 Å². The van der Waals surface area contributed by atoms with E-state index in [4.69, 9.17) is 4.98 Å². The van der Waals surface area contributed by atoms with Gasteiger partial charge in [-0.25, -0.2) is 4.98 Å². The zero-order chi connectivity index (χ0) is 20.0. The van der Waals surface area contributed by atoms with Crippen molar-refractivity contribution in [3.05, 3.63) is 74.7 Å². The molecule has 1 unspecified atom stereocenters. The van der Waals surface area contributed by atoms with Crippen LogP contribution in [0.5, 0.6) is 0 Å². The summed E-state index contributed by atoms with van der Waals surface area (Å²) in [6.45, 7) is 3.73. The number of anilines is 1. The van der Waals surface area contributed by atoms with Crippen LogP contribution < -0.4 is 10.5 Å². The molecule has 0 saturated carbocycles. The summed E-state index contributed by atoms with van der Waals surface area (Å²) in [4.78, 5) is 26.4. The first-order valence-electron chi connectivity index (χ1n) is 9.86. The molecule has 0 spiro atoms. The van der Waals surface area contributed by atoms with Crippen molar-refractivity contribution in [2.24, 2.45) is 7.05 Å². The summed E-state index contributed by atoms with van der Waals surface area (Å²) in [5.41, 5.74) is 4.36. The van der Waals surface area contributed by atoms with E-state index < -0.39 is 0 Å². The first-order valence-corrected chi connectivity index (χ1v) is 10.7. The summed E-state index contributed by atoms with van der Waals surface area (Å²) in [5, 5.41) is 0. The van der Waals surface area contributed by atoms with Gasteiger partial charge in [-0.3, -0.25) is 19.2 Å². The van der Waals surface area contributed by atoms with Crippen LogP contribution in [0.25, 0.3) is 11.3 Å². The van der Waals surface area contributed by atoms with Gasteiger partial charge in [-0.05, 0) is 41.8 Å². The molecule has 5 rings (SSSR count). The number of nitrogens with zero attached hydrogens (tertiary/aromatic N) is 5. The van der Waals surface area contributed by atoms with Crippen LogP contribution in [0.2, 0.25) is 0 Å². The molecular formula is C22H24BrCl2N5O. The number of hydrogen-bond donors (Lipinski definition) is 0. The van der Waals surface area contributed by atoms with E-state index in [0.29, 0.717) is 11.7 Å². The third-order valence-electron chi connectivity index (χ3n) is 6.00. The second-order valence-corrected chi connectivity index (χ2v) is 8.58. The normalized spacial score (nSPS) is 17.7. The molecule has 1 atom stereocenters. The molecule has 0 bridgehead atoms. The highest BCUT2D eigenvalue weighted by Crippen LogP contribution is 2.35. The molecule has 0 aliphatic carbocycles. The summed E-state index contributed by atoms with van der Waals surface area (Å²) < 4.78 is 2.77. The lowest BCUT2D eigenvalue weighted by atomic mass is 9.91.